The smallest absolute Gasteiger partial charge is 0.124 e. The third-order valence-corrected chi connectivity index (χ3v) is 5.38. The second-order valence-corrected chi connectivity index (χ2v) is 7.38. The number of aryl methyl sites for hydroxylation is 1. The molecule has 1 heteroatoms. The molecule has 1 nitrogen and oxygen atoms in total. The van der Waals surface area contributed by atoms with E-state index in [0.717, 1.165) is 41.5 Å². The largest absolute Gasteiger partial charge is 0.507 e. The van der Waals surface area contributed by atoms with Gasteiger partial charge in [0.05, 0.1) is 0 Å². The minimum Gasteiger partial charge on any atom is -0.507 e. The van der Waals surface area contributed by atoms with Crippen LogP contribution in [0.5, 0.6) is 5.75 Å². The Morgan fingerprint density at radius 1 is 0.586 bits per heavy atom. The third kappa shape index (κ3) is 3.95. The van der Waals surface area contributed by atoms with Crippen LogP contribution in [0.3, 0.4) is 0 Å². The van der Waals surface area contributed by atoms with E-state index in [-0.39, 0.29) is 0 Å². The summed E-state index contributed by atoms with van der Waals surface area (Å²) >= 11 is 0. The van der Waals surface area contributed by atoms with E-state index < -0.39 is 0 Å². The van der Waals surface area contributed by atoms with Crippen LogP contribution in [0.1, 0.15) is 25.3 Å². The van der Waals surface area contributed by atoms with Gasteiger partial charge in [-0.15, -0.1) is 0 Å². The summed E-state index contributed by atoms with van der Waals surface area (Å²) in [6, 6.07) is 33.2. The van der Waals surface area contributed by atoms with Crippen molar-refractivity contribution >= 4 is 0 Å². The lowest BCUT2D eigenvalue weighted by molar-refractivity contribution is 0.476. The number of unbranched alkanes of at least 4 members (excludes halogenated alkanes) is 1. The highest BCUT2D eigenvalue weighted by atomic mass is 16.3. The number of phenolic OH excluding ortho intramolecular Hbond substituents is 1. The van der Waals surface area contributed by atoms with Crippen molar-refractivity contribution in [2.24, 2.45) is 0 Å². The number of hydrogen-bond acceptors (Lipinski definition) is 1. The van der Waals surface area contributed by atoms with Gasteiger partial charge in [-0.05, 0) is 46.7 Å². The van der Waals surface area contributed by atoms with Gasteiger partial charge in [-0.1, -0.05) is 104 Å². The Kier molecular flexibility index (Phi) is 5.76. The molecule has 0 spiro atoms. The molecule has 0 aliphatic heterocycles. The highest BCUT2D eigenvalue weighted by Gasteiger charge is 2.21. The second-order valence-electron chi connectivity index (χ2n) is 7.38. The molecule has 0 amide bonds. The molecular weight excluding hydrogens is 352 g/mol. The molecule has 1 N–H and O–H groups in total. The van der Waals surface area contributed by atoms with E-state index in [1.165, 1.54) is 16.7 Å². The lowest BCUT2D eigenvalue weighted by Crippen LogP contribution is -1.98. The first-order valence-electron chi connectivity index (χ1n) is 10.3. The van der Waals surface area contributed by atoms with Crippen molar-refractivity contribution in [3.8, 4) is 39.1 Å². The zero-order valence-electron chi connectivity index (χ0n) is 16.8. The molecule has 0 radical (unpaired) electrons. The molecule has 0 unspecified atom stereocenters. The maximum Gasteiger partial charge on any atom is 0.124 e. The van der Waals surface area contributed by atoms with Gasteiger partial charge in [0.15, 0.2) is 0 Å². The highest BCUT2D eigenvalue weighted by Crippen LogP contribution is 2.47. The van der Waals surface area contributed by atoms with Crippen molar-refractivity contribution in [1.29, 1.82) is 0 Å². The van der Waals surface area contributed by atoms with Crippen LogP contribution in [0.4, 0.5) is 0 Å². The molecule has 144 valence electrons. The molecule has 0 atom stereocenters. The van der Waals surface area contributed by atoms with Gasteiger partial charge < -0.3 is 5.11 Å². The molecule has 0 aromatic heterocycles. The monoisotopic (exact) mass is 378 g/mol. The number of phenols is 1. The van der Waals surface area contributed by atoms with E-state index in [4.69, 9.17) is 0 Å². The third-order valence-electron chi connectivity index (χ3n) is 5.38. The van der Waals surface area contributed by atoms with Gasteiger partial charge in [-0.3, -0.25) is 0 Å². The van der Waals surface area contributed by atoms with Crippen molar-refractivity contribution in [2.75, 3.05) is 0 Å². The van der Waals surface area contributed by atoms with Crippen LogP contribution in [-0.2, 0) is 6.42 Å². The zero-order chi connectivity index (χ0) is 20.1. The first-order valence-corrected chi connectivity index (χ1v) is 10.3. The van der Waals surface area contributed by atoms with E-state index in [1.807, 2.05) is 30.3 Å². The molecule has 0 heterocycles. The number of hydrogen-bond donors (Lipinski definition) is 1. The first-order chi connectivity index (χ1) is 14.3. The predicted octanol–water partition coefficient (Wildman–Crippen LogP) is 7.74. The fourth-order valence-corrected chi connectivity index (χ4v) is 4.01. The summed E-state index contributed by atoms with van der Waals surface area (Å²) in [6.45, 7) is 2.21. The summed E-state index contributed by atoms with van der Waals surface area (Å²) in [7, 11) is 0. The molecule has 4 aromatic rings. The molecule has 0 bridgehead atoms. The van der Waals surface area contributed by atoms with Crippen molar-refractivity contribution < 1.29 is 5.11 Å². The van der Waals surface area contributed by atoms with Gasteiger partial charge in [0, 0.05) is 11.1 Å². The first kappa shape index (κ1) is 19.0. The minimum atomic E-state index is 0.348. The van der Waals surface area contributed by atoms with Crippen LogP contribution in [0.25, 0.3) is 33.4 Å². The molecule has 0 aliphatic carbocycles. The Bertz CT molecular complexity index is 1070. The second kappa shape index (κ2) is 8.79. The summed E-state index contributed by atoms with van der Waals surface area (Å²) < 4.78 is 0. The van der Waals surface area contributed by atoms with E-state index in [0.29, 0.717) is 5.75 Å². The topological polar surface area (TPSA) is 20.2 Å². The molecule has 4 aromatic carbocycles. The summed E-state index contributed by atoms with van der Waals surface area (Å²) in [6.07, 6.45) is 3.16. The normalized spacial score (nSPS) is 10.8. The van der Waals surface area contributed by atoms with Crippen LogP contribution in [0, 0.1) is 0 Å². The van der Waals surface area contributed by atoms with E-state index in [2.05, 4.69) is 73.7 Å². The number of rotatable bonds is 6. The van der Waals surface area contributed by atoms with Crippen molar-refractivity contribution in [1.82, 2.24) is 0 Å². The van der Waals surface area contributed by atoms with Crippen LogP contribution in [0.15, 0.2) is 97.1 Å². The fourth-order valence-electron chi connectivity index (χ4n) is 4.01. The summed E-state index contributed by atoms with van der Waals surface area (Å²) in [5.74, 6) is 0.348. The van der Waals surface area contributed by atoms with Gasteiger partial charge in [0.25, 0.3) is 0 Å². The lowest BCUT2D eigenvalue weighted by Gasteiger charge is -2.21. The van der Waals surface area contributed by atoms with E-state index in [1.54, 1.807) is 0 Å². The maximum atomic E-state index is 11.2. The molecule has 0 fully saturated rings. The predicted molar refractivity (Wildman–Crippen MR) is 123 cm³/mol. The van der Waals surface area contributed by atoms with Gasteiger partial charge >= 0.3 is 0 Å². The average Bonchev–Trinajstić information content (AvgIpc) is 2.79. The maximum absolute atomic E-state index is 11.2. The standard InChI is InChI=1S/C28H26O/c1-2-3-13-24-20-25(29)27(22-16-9-5-10-17-22)28(23-18-11-6-12-19-23)26(24)21-14-7-4-8-15-21/h4-12,14-20,29H,2-3,13H2,1H3. The Balaban J connectivity index is 2.10. The number of benzene rings is 4. The Morgan fingerprint density at radius 2 is 1.03 bits per heavy atom. The van der Waals surface area contributed by atoms with Crippen LogP contribution in [-0.4, -0.2) is 5.11 Å². The quantitative estimate of drug-likeness (QED) is 0.364. The fraction of sp³-hybridized carbons (Fsp3) is 0.143. The van der Waals surface area contributed by atoms with Gasteiger partial charge in [0.2, 0.25) is 0 Å². The molecule has 4 rings (SSSR count). The van der Waals surface area contributed by atoms with Gasteiger partial charge in [0.1, 0.15) is 5.75 Å². The molecule has 29 heavy (non-hydrogen) atoms. The SMILES string of the molecule is CCCCc1cc(O)c(-c2ccccc2)c(-c2ccccc2)c1-c1ccccc1. The highest BCUT2D eigenvalue weighted by molar-refractivity contribution is 5.98. The summed E-state index contributed by atoms with van der Waals surface area (Å²) in [5, 5.41) is 11.2. The average molecular weight is 379 g/mol. The zero-order valence-corrected chi connectivity index (χ0v) is 16.8. The van der Waals surface area contributed by atoms with E-state index in [9.17, 15) is 5.11 Å². The van der Waals surface area contributed by atoms with Crippen molar-refractivity contribution in [2.45, 2.75) is 26.2 Å². The van der Waals surface area contributed by atoms with Crippen LogP contribution < -0.4 is 0 Å². The van der Waals surface area contributed by atoms with Crippen molar-refractivity contribution in [3.05, 3.63) is 103 Å². The molecule has 0 aliphatic rings. The molecule has 0 saturated heterocycles. The van der Waals surface area contributed by atoms with Gasteiger partial charge in [-0.25, -0.2) is 0 Å². The summed E-state index contributed by atoms with van der Waals surface area (Å²) in [5.41, 5.74) is 7.78. The Morgan fingerprint density at radius 3 is 1.52 bits per heavy atom. The Labute approximate surface area is 173 Å². The Hall–Kier alpha value is -3.32. The summed E-state index contributed by atoms with van der Waals surface area (Å²) in [4.78, 5) is 0. The van der Waals surface area contributed by atoms with Crippen molar-refractivity contribution in [3.63, 3.8) is 0 Å². The molecule has 0 saturated carbocycles. The van der Waals surface area contributed by atoms with Crippen LogP contribution >= 0.6 is 0 Å². The number of aromatic hydroxyl groups is 1. The van der Waals surface area contributed by atoms with E-state index >= 15 is 0 Å². The van der Waals surface area contributed by atoms with Crippen LogP contribution in [0.2, 0.25) is 0 Å². The lowest BCUT2D eigenvalue weighted by atomic mass is 9.83. The van der Waals surface area contributed by atoms with Gasteiger partial charge in [-0.2, -0.15) is 0 Å². The minimum absolute atomic E-state index is 0.348. The molecular formula is C28H26O.